The second-order valence-corrected chi connectivity index (χ2v) is 16.8. The van der Waals surface area contributed by atoms with Crippen molar-refractivity contribution in [3.05, 3.63) is 101 Å². The maximum atomic E-state index is 6.74. The summed E-state index contributed by atoms with van der Waals surface area (Å²) in [6.07, 6.45) is -0.511. The Morgan fingerprint density at radius 2 is 1.32 bits per heavy atom. The minimum Gasteiger partial charge on any atom is -0.496 e. The fraction of sp³-hybridized carbons (Fsp3) is 0.486. The molecule has 1 heterocycles. The fourth-order valence-electron chi connectivity index (χ4n) is 6.54. The second-order valence-electron chi connectivity index (χ2n) is 12.3. The van der Waals surface area contributed by atoms with Crippen molar-refractivity contribution in [3.63, 3.8) is 0 Å². The van der Waals surface area contributed by atoms with E-state index in [-0.39, 0.29) is 24.4 Å². The molecule has 5 atom stereocenters. The van der Waals surface area contributed by atoms with Crippen LogP contribution in [0.4, 0.5) is 0 Å². The molecule has 0 radical (unpaired) electrons. The highest BCUT2D eigenvalue weighted by Gasteiger charge is 2.71. The minimum absolute atomic E-state index is 0.231. The van der Waals surface area contributed by atoms with Crippen molar-refractivity contribution in [1.82, 2.24) is 0 Å². The van der Waals surface area contributed by atoms with Crippen LogP contribution in [-0.4, -0.2) is 55.1 Å². The van der Waals surface area contributed by atoms with Gasteiger partial charge in [0.25, 0.3) is 11.6 Å². The van der Waals surface area contributed by atoms with E-state index in [1.807, 2.05) is 55.5 Å². The molecule has 44 heavy (non-hydrogen) atoms. The normalized spacial score (nSPS) is 26.1. The number of fused-ring (bicyclic) bond motifs is 1. The average Bonchev–Trinajstić information content (AvgIpc) is 3.02. The van der Waals surface area contributed by atoms with Crippen LogP contribution in [0, 0.1) is 0 Å². The van der Waals surface area contributed by atoms with Gasteiger partial charge in [-0.1, -0.05) is 72.8 Å². The van der Waals surface area contributed by atoms with Gasteiger partial charge in [0.15, 0.2) is 8.32 Å². The van der Waals surface area contributed by atoms with E-state index in [9.17, 15) is 0 Å². The number of benzene rings is 3. The molecular formula is C35H46O8Si. The summed E-state index contributed by atoms with van der Waals surface area (Å²) < 4.78 is 50.8. The van der Waals surface area contributed by atoms with E-state index in [1.165, 1.54) is 0 Å². The van der Waals surface area contributed by atoms with Crippen molar-refractivity contribution in [2.75, 3.05) is 28.4 Å². The van der Waals surface area contributed by atoms with E-state index in [1.54, 1.807) is 28.4 Å². The summed E-state index contributed by atoms with van der Waals surface area (Å²) in [4.78, 5) is 0. The molecule has 0 aromatic heterocycles. The first-order valence-electron chi connectivity index (χ1n) is 15.2. The predicted molar refractivity (Wildman–Crippen MR) is 170 cm³/mol. The van der Waals surface area contributed by atoms with Crippen molar-refractivity contribution in [2.24, 2.45) is 0 Å². The highest BCUT2D eigenvalue weighted by molar-refractivity contribution is 6.69. The molecule has 1 saturated heterocycles. The van der Waals surface area contributed by atoms with E-state index in [0.29, 0.717) is 25.4 Å². The van der Waals surface area contributed by atoms with Gasteiger partial charge >= 0.3 is 0 Å². The zero-order valence-electron chi connectivity index (χ0n) is 27.1. The predicted octanol–water partition coefficient (Wildman–Crippen LogP) is 6.83. The summed E-state index contributed by atoms with van der Waals surface area (Å²) in [6.45, 7) is 9.30. The molecule has 3 aromatic rings. The molecule has 9 heteroatoms. The maximum absolute atomic E-state index is 6.74. The second kappa shape index (κ2) is 13.4. The summed E-state index contributed by atoms with van der Waals surface area (Å²) in [5.41, 5.74) is 4.65. The van der Waals surface area contributed by atoms with Crippen molar-refractivity contribution in [2.45, 2.75) is 82.2 Å². The lowest BCUT2D eigenvalue weighted by Gasteiger charge is -2.57. The van der Waals surface area contributed by atoms with Crippen LogP contribution >= 0.6 is 0 Å². The van der Waals surface area contributed by atoms with E-state index >= 15 is 0 Å². The lowest BCUT2D eigenvalue weighted by atomic mass is 9.72. The molecule has 0 spiro atoms. The molecule has 2 aliphatic rings. The third-order valence-corrected chi connectivity index (χ3v) is 9.31. The van der Waals surface area contributed by atoms with E-state index in [0.717, 1.165) is 27.8 Å². The number of hydrogen-bond donors (Lipinski definition) is 0. The standard InChI is InChI=1S/C35H46O8Si/c1-24-32(41-23-26-17-13-10-14-18-26)30(40-22-25-15-11-9-12-16-25)21-29(42-24)27-19-20-28-31(33(27)36-2)35(39-5,43-44(6,7)8)34(28,37-3)38-4/h9-20,24,29-30,32H,21-23H2,1-8H3/t24-,29-,30-,32-,35?/m1/s1. The molecule has 1 fully saturated rings. The SMILES string of the molecule is COc1c([C@H]2C[C@@H](OCc3ccccc3)[C@H](OCc3ccccc3)[C@@H](C)O2)ccc2c1C(OC)(O[Si](C)(C)C)C2(OC)OC. The van der Waals surface area contributed by atoms with E-state index in [2.05, 4.69) is 43.9 Å². The Morgan fingerprint density at radius 1 is 0.750 bits per heavy atom. The van der Waals surface area contributed by atoms with Crippen LogP contribution in [0.2, 0.25) is 19.6 Å². The van der Waals surface area contributed by atoms with Gasteiger partial charge < -0.3 is 37.6 Å². The average molecular weight is 623 g/mol. The molecule has 0 amide bonds. The number of methoxy groups -OCH3 is 4. The Labute approximate surface area is 262 Å². The molecule has 238 valence electrons. The van der Waals surface area contributed by atoms with Crippen molar-refractivity contribution >= 4 is 8.32 Å². The molecule has 0 N–H and O–H groups in total. The molecular weight excluding hydrogens is 576 g/mol. The van der Waals surface area contributed by atoms with Crippen LogP contribution in [-0.2, 0) is 57.6 Å². The van der Waals surface area contributed by atoms with Crippen LogP contribution in [0.1, 0.15) is 47.3 Å². The lowest BCUT2D eigenvalue weighted by molar-refractivity contribution is -0.415. The zero-order valence-corrected chi connectivity index (χ0v) is 28.1. The van der Waals surface area contributed by atoms with E-state index < -0.39 is 19.9 Å². The van der Waals surface area contributed by atoms with Gasteiger partial charge in [-0.3, -0.25) is 0 Å². The summed E-state index contributed by atoms with van der Waals surface area (Å²) in [5.74, 6) is -1.93. The van der Waals surface area contributed by atoms with Crippen LogP contribution in [0.5, 0.6) is 5.75 Å². The summed E-state index contributed by atoms with van der Waals surface area (Å²) >= 11 is 0. The molecule has 1 aliphatic heterocycles. The first kappa shape index (κ1) is 32.8. The van der Waals surface area contributed by atoms with Gasteiger partial charge in [-0.25, -0.2) is 0 Å². The third-order valence-electron chi connectivity index (χ3n) is 8.41. The highest BCUT2D eigenvalue weighted by Crippen LogP contribution is 2.63. The Balaban J connectivity index is 1.49. The monoisotopic (exact) mass is 622 g/mol. The van der Waals surface area contributed by atoms with Crippen molar-refractivity contribution < 1.29 is 37.6 Å². The van der Waals surface area contributed by atoms with Gasteiger partial charge in [-0.15, -0.1) is 0 Å². The first-order chi connectivity index (χ1) is 21.1. The summed E-state index contributed by atoms with van der Waals surface area (Å²) in [7, 11) is 4.29. The molecule has 1 aliphatic carbocycles. The Bertz CT molecular complexity index is 1370. The molecule has 8 nitrogen and oxygen atoms in total. The molecule has 3 aromatic carbocycles. The number of hydrogen-bond acceptors (Lipinski definition) is 8. The van der Waals surface area contributed by atoms with Crippen molar-refractivity contribution in [1.29, 1.82) is 0 Å². The Hall–Kier alpha value is -2.60. The topological polar surface area (TPSA) is 73.8 Å². The fourth-order valence-corrected chi connectivity index (χ4v) is 7.72. The van der Waals surface area contributed by atoms with Crippen LogP contribution in [0.3, 0.4) is 0 Å². The number of rotatable bonds is 13. The quantitative estimate of drug-likeness (QED) is 0.152. The Kier molecular flexibility index (Phi) is 9.99. The molecule has 1 unspecified atom stereocenters. The zero-order chi connectivity index (χ0) is 31.5. The van der Waals surface area contributed by atoms with Gasteiger partial charge in [0.2, 0.25) is 0 Å². The largest absolute Gasteiger partial charge is 0.496 e. The number of ether oxygens (including phenoxy) is 7. The third kappa shape index (κ3) is 6.00. The van der Waals surface area contributed by atoms with Gasteiger partial charge in [0, 0.05) is 38.9 Å². The highest BCUT2D eigenvalue weighted by atomic mass is 28.4. The van der Waals surface area contributed by atoms with Crippen LogP contribution in [0.15, 0.2) is 72.8 Å². The lowest BCUT2D eigenvalue weighted by Crippen LogP contribution is -2.66. The summed E-state index contributed by atoms with van der Waals surface area (Å²) in [6, 6.07) is 24.4. The molecule has 5 rings (SSSR count). The van der Waals surface area contributed by atoms with Gasteiger partial charge in [0.05, 0.1) is 44.2 Å². The minimum atomic E-state index is -2.19. The van der Waals surface area contributed by atoms with Gasteiger partial charge in [0.1, 0.15) is 11.9 Å². The summed E-state index contributed by atoms with van der Waals surface area (Å²) in [5, 5.41) is 0. The Morgan fingerprint density at radius 3 is 1.84 bits per heavy atom. The van der Waals surface area contributed by atoms with Gasteiger partial charge in [-0.2, -0.15) is 0 Å². The van der Waals surface area contributed by atoms with Crippen LogP contribution < -0.4 is 4.74 Å². The van der Waals surface area contributed by atoms with Crippen LogP contribution in [0.25, 0.3) is 0 Å². The van der Waals surface area contributed by atoms with E-state index in [4.69, 9.17) is 37.6 Å². The molecule has 0 saturated carbocycles. The smallest absolute Gasteiger partial charge is 0.255 e. The van der Waals surface area contributed by atoms with Gasteiger partial charge in [-0.05, 0) is 37.7 Å². The molecule has 0 bridgehead atoms. The first-order valence-corrected chi connectivity index (χ1v) is 18.6. The maximum Gasteiger partial charge on any atom is 0.255 e. The van der Waals surface area contributed by atoms with Crippen molar-refractivity contribution in [3.8, 4) is 5.75 Å².